The Morgan fingerprint density at radius 3 is 2.15 bits per heavy atom. The van der Waals surface area contributed by atoms with Crippen molar-refractivity contribution in [2.45, 2.75) is 18.3 Å². The van der Waals surface area contributed by atoms with Crippen LogP contribution < -0.4 is 5.32 Å². The average molecular weight is 273 g/mol. The van der Waals surface area contributed by atoms with Gasteiger partial charge < -0.3 is 5.32 Å². The molecule has 0 heterocycles. The first-order valence-electron chi connectivity index (χ1n) is 6.44. The van der Waals surface area contributed by atoms with Crippen LogP contribution in [-0.4, -0.2) is 5.91 Å². The lowest BCUT2D eigenvalue weighted by atomic mass is 9.94. The molecule has 0 radical (unpaired) electrons. The Hall–Kier alpha value is -2.23. The van der Waals surface area contributed by atoms with Crippen molar-refractivity contribution in [1.82, 2.24) is 0 Å². The molecule has 2 aromatic rings. The van der Waals surface area contributed by atoms with E-state index in [1.54, 1.807) is 30.3 Å². The van der Waals surface area contributed by atoms with Gasteiger partial charge in [0.05, 0.1) is 11.1 Å². The van der Waals surface area contributed by atoms with Crippen LogP contribution >= 0.6 is 0 Å². The fourth-order valence-corrected chi connectivity index (χ4v) is 2.40. The van der Waals surface area contributed by atoms with Crippen LogP contribution in [-0.2, 0) is 10.2 Å². The van der Waals surface area contributed by atoms with E-state index in [4.69, 9.17) is 0 Å². The molecule has 1 saturated carbocycles. The van der Waals surface area contributed by atoms with Crippen molar-refractivity contribution in [3.05, 3.63) is 65.7 Å². The van der Waals surface area contributed by atoms with E-state index < -0.39 is 17.0 Å². The normalized spacial score (nSPS) is 15.7. The molecular formula is C16H13F2NO. The van der Waals surface area contributed by atoms with E-state index in [0.717, 1.165) is 0 Å². The number of carbonyl (C=O) groups excluding carboxylic acids is 1. The highest BCUT2D eigenvalue weighted by molar-refractivity contribution is 6.01. The number of benzene rings is 2. The average Bonchev–Trinajstić information content (AvgIpc) is 3.23. The fraction of sp³-hybridized carbons (Fsp3) is 0.188. The minimum atomic E-state index is -0.854. The first-order chi connectivity index (χ1) is 9.63. The molecule has 2 nitrogen and oxygen atoms in total. The van der Waals surface area contributed by atoms with E-state index in [-0.39, 0.29) is 11.6 Å². The number of rotatable bonds is 3. The number of carbonyl (C=O) groups is 1. The number of para-hydroxylation sites is 1. The van der Waals surface area contributed by atoms with E-state index in [1.165, 1.54) is 18.2 Å². The largest absolute Gasteiger partial charge is 0.323 e. The Morgan fingerprint density at radius 2 is 1.55 bits per heavy atom. The zero-order valence-corrected chi connectivity index (χ0v) is 10.7. The van der Waals surface area contributed by atoms with E-state index in [1.807, 2.05) is 0 Å². The molecule has 0 atom stereocenters. The zero-order chi connectivity index (χ0) is 14.2. The molecule has 0 saturated heterocycles. The van der Waals surface area contributed by atoms with Crippen molar-refractivity contribution < 1.29 is 13.6 Å². The summed E-state index contributed by atoms with van der Waals surface area (Å²) in [6, 6.07) is 12.2. The van der Waals surface area contributed by atoms with Crippen molar-refractivity contribution in [1.29, 1.82) is 0 Å². The van der Waals surface area contributed by atoms with E-state index >= 15 is 0 Å². The summed E-state index contributed by atoms with van der Waals surface area (Å²) in [6.07, 6.45) is 1.16. The van der Waals surface area contributed by atoms with Crippen LogP contribution in [0.15, 0.2) is 48.5 Å². The molecule has 1 amide bonds. The highest BCUT2D eigenvalue weighted by Crippen LogP contribution is 2.49. The van der Waals surface area contributed by atoms with Crippen molar-refractivity contribution in [2.75, 3.05) is 5.32 Å². The fourth-order valence-electron chi connectivity index (χ4n) is 2.40. The Bertz CT molecular complexity index is 665. The van der Waals surface area contributed by atoms with Crippen molar-refractivity contribution in [3.8, 4) is 0 Å². The van der Waals surface area contributed by atoms with Gasteiger partial charge in [-0.15, -0.1) is 0 Å². The smallest absolute Gasteiger partial charge is 0.235 e. The molecule has 1 fully saturated rings. The standard InChI is InChI=1S/C16H13F2NO/c17-12-6-2-1-5-11(12)16(9-10-16)15(20)19-14-8-4-3-7-13(14)18/h1-8H,9-10H2,(H,19,20). The van der Waals surface area contributed by atoms with Gasteiger partial charge in [-0.2, -0.15) is 0 Å². The number of halogens is 2. The highest BCUT2D eigenvalue weighted by Gasteiger charge is 2.52. The molecule has 4 heteroatoms. The Balaban J connectivity index is 1.88. The molecule has 0 bridgehead atoms. The molecule has 1 N–H and O–H groups in total. The molecule has 0 aliphatic heterocycles. The molecule has 20 heavy (non-hydrogen) atoms. The Kier molecular flexibility index (Phi) is 3.01. The maximum Gasteiger partial charge on any atom is 0.235 e. The van der Waals surface area contributed by atoms with Crippen LogP contribution in [0.1, 0.15) is 18.4 Å². The predicted octanol–water partition coefficient (Wildman–Crippen LogP) is 3.64. The van der Waals surface area contributed by atoms with Crippen LogP contribution in [0.25, 0.3) is 0 Å². The lowest BCUT2D eigenvalue weighted by Gasteiger charge is -2.16. The van der Waals surface area contributed by atoms with Gasteiger partial charge in [-0.25, -0.2) is 8.78 Å². The second-order valence-corrected chi connectivity index (χ2v) is 5.00. The summed E-state index contributed by atoms with van der Waals surface area (Å²) < 4.78 is 27.4. The monoisotopic (exact) mass is 273 g/mol. The van der Waals surface area contributed by atoms with E-state index in [2.05, 4.69) is 5.32 Å². The summed E-state index contributed by atoms with van der Waals surface area (Å²) in [5.74, 6) is -1.24. The molecule has 3 rings (SSSR count). The van der Waals surface area contributed by atoms with Gasteiger partial charge in [-0.3, -0.25) is 4.79 Å². The van der Waals surface area contributed by atoms with E-state index in [9.17, 15) is 13.6 Å². The van der Waals surface area contributed by atoms with Crippen molar-refractivity contribution in [3.63, 3.8) is 0 Å². The number of anilines is 1. The highest BCUT2D eigenvalue weighted by atomic mass is 19.1. The zero-order valence-electron chi connectivity index (χ0n) is 10.7. The van der Waals surface area contributed by atoms with Crippen LogP contribution in [0.5, 0.6) is 0 Å². The second kappa shape index (κ2) is 4.71. The van der Waals surface area contributed by atoms with Gasteiger partial charge in [0, 0.05) is 5.56 Å². The summed E-state index contributed by atoms with van der Waals surface area (Å²) in [5, 5.41) is 2.56. The summed E-state index contributed by atoms with van der Waals surface area (Å²) >= 11 is 0. The van der Waals surface area contributed by atoms with E-state index in [0.29, 0.717) is 18.4 Å². The van der Waals surface area contributed by atoms with Gasteiger partial charge in [0.15, 0.2) is 0 Å². The molecule has 102 valence electrons. The first kappa shape index (κ1) is 12.8. The number of hydrogen-bond acceptors (Lipinski definition) is 1. The van der Waals surface area contributed by atoms with Crippen LogP contribution in [0.2, 0.25) is 0 Å². The van der Waals surface area contributed by atoms with Crippen LogP contribution in [0.4, 0.5) is 14.5 Å². The van der Waals surface area contributed by atoms with Crippen molar-refractivity contribution >= 4 is 11.6 Å². The van der Waals surface area contributed by atoms with Gasteiger partial charge in [-0.1, -0.05) is 30.3 Å². The lowest BCUT2D eigenvalue weighted by molar-refractivity contribution is -0.118. The third-order valence-corrected chi connectivity index (χ3v) is 3.70. The minimum absolute atomic E-state index is 0.125. The summed E-state index contributed by atoms with van der Waals surface area (Å²) in [7, 11) is 0. The molecule has 0 unspecified atom stereocenters. The van der Waals surface area contributed by atoms with Crippen LogP contribution in [0, 0.1) is 11.6 Å². The van der Waals surface area contributed by atoms with Gasteiger partial charge in [0.2, 0.25) is 5.91 Å². The second-order valence-electron chi connectivity index (χ2n) is 5.00. The maximum atomic E-state index is 13.8. The molecule has 1 aliphatic carbocycles. The van der Waals surface area contributed by atoms with Crippen LogP contribution in [0.3, 0.4) is 0 Å². The topological polar surface area (TPSA) is 29.1 Å². The predicted molar refractivity (Wildman–Crippen MR) is 72.3 cm³/mol. The Morgan fingerprint density at radius 1 is 0.950 bits per heavy atom. The number of hydrogen-bond donors (Lipinski definition) is 1. The number of nitrogens with one attached hydrogen (secondary N) is 1. The maximum absolute atomic E-state index is 13.8. The van der Waals surface area contributed by atoms with Gasteiger partial charge in [0.1, 0.15) is 11.6 Å². The molecule has 1 aliphatic rings. The number of amides is 1. The minimum Gasteiger partial charge on any atom is -0.323 e. The SMILES string of the molecule is O=C(Nc1ccccc1F)C1(c2ccccc2F)CC1. The Labute approximate surface area is 115 Å². The molecular weight excluding hydrogens is 260 g/mol. The first-order valence-corrected chi connectivity index (χ1v) is 6.44. The van der Waals surface area contributed by atoms with Gasteiger partial charge in [0.25, 0.3) is 0 Å². The summed E-state index contributed by atoms with van der Waals surface area (Å²) in [5.41, 5.74) is -0.345. The molecule has 0 spiro atoms. The third kappa shape index (κ3) is 2.07. The molecule has 2 aromatic carbocycles. The van der Waals surface area contributed by atoms with Gasteiger partial charge in [-0.05, 0) is 31.0 Å². The third-order valence-electron chi connectivity index (χ3n) is 3.70. The molecule has 0 aromatic heterocycles. The van der Waals surface area contributed by atoms with Crippen molar-refractivity contribution in [2.24, 2.45) is 0 Å². The summed E-state index contributed by atoms with van der Waals surface area (Å²) in [6.45, 7) is 0. The van der Waals surface area contributed by atoms with Gasteiger partial charge >= 0.3 is 0 Å². The summed E-state index contributed by atoms with van der Waals surface area (Å²) in [4.78, 5) is 12.4. The quantitative estimate of drug-likeness (QED) is 0.909. The lowest BCUT2D eigenvalue weighted by Crippen LogP contribution is -2.29.